The molecule has 2 aliphatic rings. The van der Waals surface area contributed by atoms with Gasteiger partial charge in [0.15, 0.2) is 0 Å². The summed E-state index contributed by atoms with van der Waals surface area (Å²) in [4.78, 5) is 16.8. The van der Waals surface area contributed by atoms with Crippen LogP contribution in [0.25, 0.3) is 0 Å². The molecule has 0 heterocycles. The molecule has 2 aliphatic carbocycles. The first-order chi connectivity index (χ1) is 9.48. The second-order valence-corrected chi connectivity index (χ2v) is 6.42. The summed E-state index contributed by atoms with van der Waals surface area (Å²) in [7, 11) is 0. The van der Waals surface area contributed by atoms with Gasteiger partial charge in [-0.2, -0.15) is 0 Å². The maximum atomic E-state index is 12.4. The lowest BCUT2D eigenvalue weighted by molar-refractivity contribution is -0.115. The highest BCUT2D eigenvalue weighted by Gasteiger charge is 2.55. The summed E-state index contributed by atoms with van der Waals surface area (Å²) in [5, 5.41) is 3.23. The van der Waals surface area contributed by atoms with E-state index in [-0.39, 0.29) is 17.4 Å². The highest BCUT2D eigenvalue weighted by Crippen LogP contribution is 2.53. The van der Waals surface area contributed by atoms with Crippen LogP contribution in [0, 0.1) is 11.8 Å². The Labute approximate surface area is 121 Å². The number of nitrogens with one attached hydrogen (secondary N) is 1. The number of carbonyl (C=O) groups is 1. The fraction of sp³-hybridized carbons (Fsp3) is 0.750. The molecule has 2 fully saturated rings. The SMILES string of the molecule is CCN=C(C=C(N)C(C)C)C(=O)NC12CCCCC1C2. The molecule has 0 aromatic rings. The number of rotatable bonds is 5. The van der Waals surface area contributed by atoms with Crippen molar-refractivity contribution in [2.45, 2.75) is 58.4 Å². The maximum Gasteiger partial charge on any atom is 0.269 e. The van der Waals surface area contributed by atoms with Gasteiger partial charge in [-0.25, -0.2) is 0 Å². The van der Waals surface area contributed by atoms with Crippen molar-refractivity contribution in [2.24, 2.45) is 22.6 Å². The van der Waals surface area contributed by atoms with Gasteiger partial charge < -0.3 is 11.1 Å². The molecule has 0 radical (unpaired) electrons. The third-order valence-electron chi connectivity index (χ3n) is 4.55. The number of hydrogen-bond acceptors (Lipinski definition) is 3. The summed E-state index contributed by atoms with van der Waals surface area (Å²) in [5.41, 5.74) is 7.22. The summed E-state index contributed by atoms with van der Waals surface area (Å²) >= 11 is 0. The molecule has 2 saturated carbocycles. The van der Waals surface area contributed by atoms with Crippen LogP contribution in [-0.4, -0.2) is 23.7 Å². The van der Waals surface area contributed by atoms with Crippen molar-refractivity contribution >= 4 is 11.6 Å². The standard InChI is InChI=1S/C16H27N3O/c1-4-18-14(9-13(17)11(2)3)15(20)19-16-8-6-5-7-12(16)10-16/h9,11-12H,4-8,10,17H2,1-3H3,(H,19,20). The maximum absolute atomic E-state index is 12.4. The molecule has 0 aromatic heterocycles. The molecule has 0 bridgehead atoms. The summed E-state index contributed by atoms with van der Waals surface area (Å²) in [6.45, 7) is 6.57. The van der Waals surface area contributed by atoms with E-state index in [0.29, 0.717) is 23.9 Å². The van der Waals surface area contributed by atoms with Gasteiger partial charge in [-0.3, -0.25) is 9.79 Å². The highest BCUT2D eigenvalue weighted by molar-refractivity contribution is 6.43. The van der Waals surface area contributed by atoms with Crippen LogP contribution in [0.4, 0.5) is 0 Å². The average molecular weight is 277 g/mol. The van der Waals surface area contributed by atoms with Crippen LogP contribution in [0.3, 0.4) is 0 Å². The number of fused-ring (bicyclic) bond motifs is 1. The number of hydrogen-bond donors (Lipinski definition) is 2. The number of aliphatic imine (C=N–C) groups is 1. The second kappa shape index (κ2) is 5.98. The lowest BCUT2D eigenvalue weighted by Gasteiger charge is -2.23. The Bertz CT molecular complexity index is 439. The quantitative estimate of drug-likeness (QED) is 0.758. The molecule has 4 nitrogen and oxygen atoms in total. The zero-order chi connectivity index (χ0) is 14.8. The minimum Gasteiger partial charge on any atom is -0.402 e. The first kappa shape index (κ1) is 15.1. The van der Waals surface area contributed by atoms with Crippen molar-refractivity contribution in [3.8, 4) is 0 Å². The minimum atomic E-state index is -0.0557. The number of nitrogens with zero attached hydrogens (tertiary/aromatic N) is 1. The first-order valence-electron chi connectivity index (χ1n) is 7.82. The van der Waals surface area contributed by atoms with Crippen molar-refractivity contribution in [1.29, 1.82) is 0 Å². The van der Waals surface area contributed by atoms with Crippen LogP contribution in [-0.2, 0) is 4.79 Å². The van der Waals surface area contributed by atoms with Gasteiger partial charge in [0.1, 0.15) is 5.71 Å². The van der Waals surface area contributed by atoms with E-state index in [0.717, 1.165) is 12.8 Å². The number of carbonyl (C=O) groups excluding carboxylic acids is 1. The van der Waals surface area contributed by atoms with Crippen LogP contribution in [0.2, 0.25) is 0 Å². The van der Waals surface area contributed by atoms with E-state index < -0.39 is 0 Å². The van der Waals surface area contributed by atoms with E-state index >= 15 is 0 Å². The summed E-state index contributed by atoms with van der Waals surface area (Å²) in [6, 6.07) is 0. The predicted molar refractivity (Wildman–Crippen MR) is 82.5 cm³/mol. The van der Waals surface area contributed by atoms with Gasteiger partial charge >= 0.3 is 0 Å². The van der Waals surface area contributed by atoms with Gasteiger partial charge in [0, 0.05) is 17.8 Å². The summed E-state index contributed by atoms with van der Waals surface area (Å²) < 4.78 is 0. The normalized spacial score (nSPS) is 30.1. The monoisotopic (exact) mass is 277 g/mol. The van der Waals surface area contributed by atoms with Crippen LogP contribution >= 0.6 is 0 Å². The van der Waals surface area contributed by atoms with Crippen molar-refractivity contribution < 1.29 is 4.79 Å². The zero-order valence-corrected chi connectivity index (χ0v) is 12.9. The van der Waals surface area contributed by atoms with E-state index in [1.165, 1.54) is 19.3 Å². The molecule has 0 spiro atoms. The molecule has 3 N–H and O–H groups in total. The molecule has 0 aromatic carbocycles. The van der Waals surface area contributed by atoms with Crippen LogP contribution in [0.5, 0.6) is 0 Å². The molecule has 112 valence electrons. The molecule has 2 unspecified atom stereocenters. The molecular formula is C16H27N3O. The topological polar surface area (TPSA) is 67.5 Å². The Morgan fingerprint density at radius 1 is 1.50 bits per heavy atom. The fourth-order valence-electron chi connectivity index (χ4n) is 3.08. The van der Waals surface area contributed by atoms with Gasteiger partial charge in [-0.15, -0.1) is 0 Å². The highest BCUT2D eigenvalue weighted by atomic mass is 16.2. The van der Waals surface area contributed by atoms with Gasteiger partial charge in [0.25, 0.3) is 5.91 Å². The largest absolute Gasteiger partial charge is 0.402 e. The minimum absolute atomic E-state index is 0.0557. The van der Waals surface area contributed by atoms with Crippen molar-refractivity contribution in [2.75, 3.05) is 6.54 Å². The average Bonchev–Trinajstić information content (AvgIpc) is 3.11. The Morgan fingerprint density at radius 3 is 2.85 bits per heavy atom. The molecule has 20 heavy (non-hydrogen) atoms. The number of nitrogens with two attached hydrogens (primary N) is 1. The fourth-order valence-corrected chi connectivity index (χ4v) is 3.08. The van der Waals surface area contributed by atoms with Crippen molar-refractivity contribution in [3.63, 3.8) is 0 Å². The molecule has 0 aliphatic heterocycles. The van der Waals surface area contributed by atoms with E-state index in [4.69, 9.17) is 5.73 Å². The Hall–Kier alpha value is -1.32. The van der Waals surface area contributed by atoms with Crippen LogP contribution < -0.4 is 11.1 Å². The predicted octanol–water partition coefficient (Wildman–Crippen LogP) is 2.39. The first-order valence-corrected chi connectivity index (χ1v) is 7.82. The van der Waals surface area contributed by atoms with Gasteiger partial charge in [-0.1, -0.05) is 26.7 Å². The molecule has 2 atom stereocenters. The van der Waals surface area contributed by atoms with Crippen molar-refractivity contribution in [3.05, 3.63) is 11.8 Å². The smallest absolute Gasteiger partial charge is 0.269 e. The second-order valence-electron chi connectivity index (χ2n) is 6.42. The Morgan fingerprint density at radius 2 is 2.25 bits per heavy atom. The lowest BCUT2D eigenvalue weighted by atomic mass is 9.95. The van der Waals surface area contributed by atoms with Gasteiger partial charge in [0.05, 0.1) is 0 Å². The molecule has 0 saturated heterocycles. The molecular weight excluding hydrogens is 250 g/mol. The summed E-state index contributed by atoms with van der Waals surface area (Å²) in [6.07, 6.45) is 7.78. The lowest BCUT2D eigenvalue weighted by Crippen LogP contribution is -2.43. The zero-order valence-electron chi connectivity index (χ0n) is 12.9. The van der Waals surface area contributed by atoms with Crippen LogP contribution in [0.1, 0.15) is 52.9 Å². The van der Waals surface area contributed by atoms with Crippen LogP contribution in [0.15, 0.2) is 16.8 Å². The third-order valence-corrected chi connectivity index (χ3v) is 4.55. The summed E-state index contributed by atoms with van der Waals surface area (Å²) in [5.74, 6) is 0.862. The van der Waals surface area contributed by atoms with Gasteiger partial charge in [0.2, 0.25) is 0 Å². The van der Waals surface area contributed by atoms with E-state index in [9.17, 15) is 4.79 Å². The molecule has 4 heteroatoms. The van der Waals surface area contributed by atoms with Crippen molar-refractivity contribution in [1.82, 2.24) is 5.32 Å². The molecule has 2 rings (SSSR count). The molecule has 1 amide bonds. The van der Waals surface area contributed by atoms with E-state index in [1.807, 2.05) is 20.8 Å². The number of allylic oxidation sites excluding steroid dienone is 1. The van der Waals surface area contributed by atoms with E-state index in [1.54, 1.807) is 6.08 Å². The Balaban J connectivity index is 2.05. The third kappa shape index (κ3) is 3.22. The Kier molecular flexibility index (Phi) is 4.51. The van der Waals surface area contributed by atoms with E-state index in [2.05, 4.69) is 10.3 Å². The number of amides is 1. The van der Waals surface area contributed by atoms with Gasteiger partial charge in [-0.05, 0) is 44.1 Å².